The molecule has 0 bridgehead atoms. The minimum absolute atomic E-state index is 0.0668. The first kappa shape index (κ1) is 20.6. The summed E-state index contributed by atoms with van der Waals surface area (Å²) in [7, 11) is 0. The van der Waals surface area contributed by atoms with Gasteiger partial charge in [0.25, 0.3) is 0 Å². The zero-order valence-electron chi connectivity index (χ0n) is 15.6. The van der Waals surface area contributed by atoms with Crippen molar-refractivity contribution in [3.05, 3.63) is 0 Å². The summed E-state index contributed by atoms with van der Waals surface area (Å²) in [6, 6.07) is -2.34. The third-order valence-corrected chi connectivity index (χ3v) is 3.44. The van der Waals surface area contributed by atoms with Crippen LogP contribution in [0, 0.1) is 0 Å². The van der Waals surface area contributed by atoms with Gasteiger partial charge in [-0.2, -0.15) is 0 Å². The maximum absolute atomic E-state index is 12.1. The Morgan fingerprint density at radius 1 is 1.08 bits per heavy atom. The number of hydrogen-bond donors (Lipinski definition) is 4. The van der Waals surface area contributed by atoms with Gasteiger partial charge >= 0.3 is 5.97 Å². The molecule has 0 saturated heterocycles. The second-order valence-electron chi connectivity index (χ2n) is 5.86. The monoisotopic (exact) mass is 358 g/mol. The predicted molar refractivity (Wildman–Crippen MR) is 89.4 cm³/mol. The Kier molecular flexibility index (Phi) is 9.88. The van der Waals surface area contributed by atoms with Gasteiger partial charge in [0, 0.05) is 19.3 Å². The summed E-state index contributed by atoms with van der Waals surface area (Å²) in [6.45, 7) is 2.82. The van der Waals surface area contributed by atoms with Gasteiger partial charge in [0.15, 0.2) is 1.41 Å². The number of nitrogens with one attached hydrogen (secondary N) is 2. The van der Waals surface area contributed by atoms with Gasteiger partial charge in [-0.25, -0.2) is 0 Å². The Balaban J connectivity index is 4.45. The first-order chi connectivity index (χ1) is 12.1. The van der Waals surface area contributed by atoms with Gasteiger partial charge in [-0.15, -0.1) is 0 Å². The first-order valence-corrected chi connectivity index (χ1v) is 8.18. The maximum atomic E-state index is 12.1. The molecule has 0 aliphatic rings. The molecule has 9 nitrogen and oxygen atoms in total. The van der Waals surface area contributed by atoms with Crippen molar-refractivity contribution >= 4 is 29.5 Å². The molecule has 0 rings (SSSR count). The molecule has 5 N–H and O–H groups in total. The first-order valence-electron chi connectivity index (χ1n) is 8.62. The number of carbonyl (C=O) groups is 5. The van der Waals surface area contributed by atoms with E-state index in [2.05, 4.69) is 5.32 Å². The third-order valence-electron chi connectivity index (χ3n) is 3.44. The molecule has 0 aromatic heterocycles. The zero-order valence-corrected chi connectivity index (χ0v) is 14.6. The SMILES string of the molecule is [2H]N(C(=O)CCCCCC(C)=O)[C@@H](C)C(=O)N[C@@H](CCC(=O)O)C(N)=O. The number of primary amides is 1. The number of rotatable bonds is 13. The fraction of sp³-hybridized carbons (Fsp3) is 0.688. The van der Waals surface area contributed by atoms with Crippen molar-refractivity contribution < 1.29 is 30.5 Å². The molecule has 2 atom stereocenters. The molecule has 0 aromatic rings. The minimum Gasteiger partial charge on any atom is -0.481 e. The van der Waals surface area contributed by atoms with Gasteiger partial charge in [0.05, 0.1) is 0 Å². The highest BCUT2D eigenvalue weighted by Gasteiger charge is 2.23. The van der Waals surface area contributed by atoms with Crippen molar-refractivity contribution in [2.45, 2.75) is 70.9 Å². The standard InChI is InChI=1S/C16H27N3O6/c1-10(20)6-4-3-5-7-13(21)18-11(2)16(25)19-12(15(17)24)8-9-14(22)23/h11-12H,3-9H2,1-2H3,(H2,17,24)(H,18,21)(H,19,25)(H,22,23)/t11-,12-/m0/s1/i/hD. The lowest BCUT2D eigenvalue weighted by atomic mass is 10.1. The van der Waals surface area contributed by atoms with Gasteiger partial charge in [-0.1, -0.05) is 6.42 Å². The summed E-state index contributed by atoms with van der Waals surface area (Å²) in [5, 5.41) is 11.4. The summed E-state index contributed by atoms with van der Waals surface area (Å²) in [5.74, 6) is -3.27. The van der Waals surface area contributed by atoms with Crippen LogP contribution >= 0.6 is 0 Å². The van der Waals surface area contributed by atoms with E-state index in [1.807, 2.05) is 0 Å². The molecule has 0 radical (unpaired) electrons. The molecule has 9 heteroatoms. The Morgan fingerprint density at radius 3 is 2.20 bits per heavy atom. The Bertz CT molecular complexity index is 540. The van der Waals surface area contributed by atoms with Crippen LogP contribution in [-0.2, 0) is 24.0 Å². The van der Waals surface area contributed by atoms with E-state index in [0.29, 0.717) is 31.0 Å². The molecule has 0 aromatic carbocycles. The molecule has 0 saturated carbocycles. The fourth-order valence-corrected chi connectivity index (χ4v) is 2.01. The average Bonchev–Trinajstić information content (AvgIpc) is 2.55. The normalized spacial score (nSPS) is 13.3. The molecule has 0 fully saturated rings. The summed E-state index contributed by atoms with van der Waals surface area (Å²) in [4.78, 5) is 56.7. The lowest BCUT2D eigenvalue weighted by Gasteiger charge is -2.19. The van der Waals surface area contributed by atoms with Crippen molar-refractivity contribution in [3.63, 3.8) is 0 Å². The van der Waals surface area contributed by atoms with Crippen molar-refractivity contribution in [2.75, 3.05) is 0 Å². The smallest absolute Gasteiger partial charge is 0.303 e. The highest BCUT2D eigenvalue weighted by molar-refractivity contribution is 5.91. The van der Waals surface area contributed by atoms with E-state index < -0.39 is 35.8 Å². The van der Waals surface area contributed by atoms with Crippen molar-refractivity contribution in [1.29, 1.82) is 0 Å². The Labute approximate surface area is 148 Å². The van der Waals surface area contributed by atoms with Crippen molar-refractivity contribution in [2.24, 2.45) is 5.73 Å². The maximum Gasteiger partial charge on any atom is 0.303 e. The Morgan fingerprint density at radius 2 is 1.68 bits per heavy atom. The molecule has 25 heavy (non-hydrogen) atoms. The van der Waals surface area contributed by atoms with Gasteiger partial charge in [-0.3, -0.25) is 19.2 Å². The van der Waals surface area contributed by atoms with E-state index in [0.717, 1.165) is 0 Å². The molecule has 0 heterocycles. The van der Waals surface area contributed by atoms with E-state index in [1.165, 1.54) is 13.8 Å². The largest absolute Gasteiger partial charge is 0.481 e. The Hall–Kier alpha value is -2.45. The van der Waals surface area contributed by atoms with E-state index in [4.69, 9.17) is 12.3 Å². The number of carboxylic acid groups (broad SMARTS) is 1. The number of amides is 3. The van der Waals surface area contributed by atoms with Crippen molar-refractivity contribution in [1.82, 2.24) is 10.6 Å². The zero-order chi connectivity index (χ0) is 20.3. The predicted octanol–water partition coefficient (Wildman–Crippen LogP) is -0.134. The number of carboxylic acids is 1. The van der Waals surface area contributed by atoms with Gasteiger partial charge in [-0.05, 0) is 33.1 Å². The highest BCUT2D eigenvalue weighted by atomic mass is 16.4. The van der Waals surface area contributed by atoms with Crippen LogP contribution in [0.3, 0.4) is 0 Å². The summed E-state index contributed by atoms with van der Waals surface area (Å²) < 4.78 is 7.74. The van der Waals surface area contributed by atoms with E-state index in [-0.39, 0.29) is 25.0 Å². The summed E-state index contributed by atoms with van der Waals surface area (Å²) >= 11 is 0. The molecule has 0 spiro atoms. The third kappa shape index (κ3) is 11.7. The van der Waals surface area contributed by atoms with Crippen LogP contribution in [0.15, 0.2) is 0 Å². The lowest BCUT2D eigenvalue weighted by molar-refractivity contribution is -0.137. The molecule has 0 aliphatic heterocycles. The number of aliphatic carboxylic acids is 1. The van der Waals surface area contributed by atoms with Gasteiger partial charge in [0.1, 0.15) is 17.9 Å². The fourth-order valence-electron chi connectivity index (χ4n) is 2.01. The van der Waals surface area contributed by atoms with Crippen LogP contribution in [0.5, 0.6) is 0 Å². The van der Waals surface area contributed by atoms with Crippen LogP contribution in [0.2, 0.25) is 1.41 Å². The van der Waals surface area contributed by atoms with Crippen LogP contribution in [0.4, 0.5) is 0 Å². The number of carbonyl (C=O) groups excluding carboxylic acids is 4. The van der Waals surface area contributed by atoms with Gasteiger partial charge in [0.2, 0.25) is 17.7 Å². The van der Waals surface area contributed by atoms with Crippen LogP contribution < -0.4 is 16.4 Å². The number of Topliss-reactive ketones (excluding diaryl/α,β-unsaturated/α-hetero) is 1. The summed E-state index contributed by atoms with van der Waals surface area (Å²) in [6.07, 6.45) is 1.81. The van der Waals surface area contributed by atoms with Crippen LogP contribution in [0.25, 0.3) is 0 Å². The average molecular weight is 358 g/mol. The number of nitrogens with two attached hydrogens (primary N) is 1. The molecular formula is C16H27N3O6. The quantitative estimate of drug-likeness (QED) is 0.336. The second kappa shape index (κ2) is 12.0. The molecular weight excluding hydrogens is 330 g/mol. The van der Waals surface area contributed by atoms with Gasteiger partial charge < -0.3 is 26.3 Å². The van der Waals surface area contributed by atoms with E-state index >= 15 is 0 Å². The van der Waals surface area contributed by atoms with E-state index in [1.54, 1.807) is 0 Å². The molecule has 3 amide bonds. The molecule has 0 unspecified atom stereocenters. The summed E-state index contributed by atoms with van der Waals surface area (Å²) in [5.41, 5.74) is 5.12. The number of ketones is 1. The molecule has 0 aliphatic carbocycles. The van der Waals surface area contributed by atoms with Crippen molar-refractivity contribution in [3.8, 4) is 0 Å². The lowest BCUT2D eigenvalue weighted by Crippen LogP contribution is -2.51. The van der Waals surface area contributed by atoms with Crippen LogP contribution in [0.1, 0.15) is 58.8 Å². The number of unbranched alkanes of at least 4 members (excludes halogenated alkanes) is 2. The number of hydrogen-bond acceptors (Lipinski definition) is 5. The second-order valence-corrected chi connectivity index (χ2v) is 5.86. The topological polar surface area (TPSA) is 156 Å². The minimum atomic E-state index is -1.18. The molecule has 142 valence electrons. The van der Waals surface area contributed by atoms with E-state index in [9.17, 15) is 24.0 Å². The van der Waals surface area contributed by atoms with Crippen LogP contribution in [-0.4, -0.2) is 46.7 Å². The highest BCUT2D eigenvalue weighted by Crippen LogP contribution is 2.04.